The highest BCUT2D eigenvalue weighted by atomic mass is 16.6. The summed E-state index contributed by atoms with van der Waals surface area (Å²) in [6, 6.07) is 6.08. The van der Waals surface area contributed by atoms with Crippen LogP contribution >= 0.6 is 0 Å². The summed E-state index contributed by atoms with van der Waals surface area (Å²) in [5.74, 6) is 0. The highest BCUT2D eigenvalue weighted by Crippen LogP contribution is 2.45. The van der Waals surface area contributed by atoms with Crippen LogP contribution in [0.25, 0.3) is 0 Å². The molecule has 2 rings (SSSR count). The molecule has 6 nitrogen and oxygen atoms in total. The SMILES string of the molecule is N#Cc1cc([N+](=O)[O-])ccc1NCC1(CO)CC1. The highest BCUT2D eigenvalue weighted by molar-refractivity contribution is 5.61. The van der Waals surface area contributed by atoms with Gasteiger partial charge in [0.05, 0.1) is 22.8 Å². The molecule has 0 radical (unpaired) electrons. The van der Waals surface area contributed by atoms with Crippen LogP contribution in [0, 0.1) is 26.9 Å². The van der Waals surface area contributed by atoms with Gasteiger partial charge in [-0.05, 0) is 18.9 Å². The van der Waals surface area contributed by atoms with Gasteiger partial charge in [0.2, 0.25) is 0 Å². The third-order valence-corrected chi connectivity index (χ3v) is 3.28. The van der Waals surface area contributed by atoms with Crippen molar-refractivity contribution in [3.8, 4) is 6.07 Å². The van der Waals surface area contributed by atoms with E-state index in [1.54, 1.807) is 0 Å². The van der Waals surface area contributed by atoms with Gasteiger partial charge in [-0.3, -0.25) is 10.1 Å². The summed E-state index contributed by atoms with van der Waals surface area (Å²) in [5, 5.41) is 31.8. The molecule has 1 aliphatic carbocycles. The minimum Gasteiger partial charge on any atom is -0.396 e. The van der Waals surface area contributed by atoms with E-state index in [4.69, 9.17) is 5.26 Å². The number of hydrogen-bond donors (Lipinski definition) is 2. The molecule has 0 atom stereocenters. The maximum atomic E-state index is 10.6. The summed E-state index contributed by atoms with van der Waals surface area (Å²) in [6.07, 6.45) is 1.93. The van der Waals surface area contributed by atoms with Gasteiger partial charge in [-0.1, -0.05) is 0 Å². The molecule has 0 heterocycles. The topological polar surface area (TPSA) is 99.2 Å². The van der Waals surface area contributed by atoms with Gasteiger partial charge in [0, 0.05) is 24.1 Å². The van der Waals surface area contributed by atoms with Gasteiger partial charge < -0.3 is 10.4 Å². The van der Waals surface area contributed by atoms with Gasteiger partial charge >= 0.3 is 0 Å². The number of nitriles is 1. The fourth-order valence-electron chi connectivity index (χ4n) is 1.74. The van der Waals surface area contributed by atoms with Crippen LogP contribution in [0.3, 0.4) is 0 Å². The van der Waals surface area contributed by atoms with Crippen LogP contribution in [0.4, 0.5) is 11.4 Å². The van der Waals surface area contributed by atoms with Crippen LogP contribution in [-0.2, 0) is 0 Å². The largest absolute Gasteiger partial charge is 0.396 e. The lowest BCUT2D eigenvalue weighted by Crippen LogP contribution is -2.19. The summed E-state index contributed by atoms with van der Waals surface area (Å²) < 4.78 is 0. The van der Waals surface area contributed by atoms with Gasteiger partial charge in [0.15, 0.2) is 0 Å². The first-order valence-electron chi connectivity index (χ1n) is 5.63. The Morgan fingerprint density at radius 3 is 2.78 bits per heavy atom. The van der Waals surface area contributed by atoms with Crippen LogP contribution in [-0.4, -0.2) is 23.2 Å². The third-order valence-electron chi connectivity index (χ3n) is 3.28. The lowest BCUT2D eigenvalue weighted by atomic mass is 10.1. The molecule has 1 aromatic rings. The Labute approximate surface area is 104 Å². The fourth-order valence-corrected chi connectivity index (χ4v) is 1.74. The maximum absolute atomic E-state index is 10.6. The number of non-ortho nitro benzene ring substituents is 1. The standard InChI is InChI=1S/C12H13N3O3/c13-6-9-5-10(15(17)18)1-2-11(9)14-7-12(8-16)3-4-12/h1-2,5,14,16H,3-4,7-8H2. The van der Waals surface area contributed by atoms with Crippen LogP contribution in [0.1, 0.15) is 18.4 Å². The smallest absolute Gasteiger partial charge is 0.270 e. The molecule has 0 bridgehead atoms. The summed E-state index contributed by atoms with van der Waals surface area (Å²) in [7, 11) is 0. The molecule has 0 aliphatic heterocycles. The zero-order valence-corrected chi connectivity index (χ0v) is 9.72. The van der Waals surface area contributed by atoms with Crippen LogP contribution in [0.15, 0.2) is 18.2 Å². The number of aliphatic hydroxyl groups is 1. The van der Waals surface area contributed by atoms with E-state index in [2.05, 4.69) is 5.32 Å². The van der Waals surface area contributed by atoms with Crippen LogP contribution in [0.5, 0.6) is 0 Å². The van der Waals surface area contributed by atoms with Crippen molar-refractivity contribution in [3.63, 3.8) is 0 Å². The summed E-state index contributed by atoms with van der Waals surface area (Å²) in [6.45, 7) is 0.699. The first kappa shape index (κ1) is 12.3. The van der Waals surface area contributed by atoms with Crippen molar-refractivity contribution in [2.75, 3.05) is 18.5 Å². The molecule has 0 amide bonds. The van der Waals surface area contributed by atoms with Crippen molar-refractivity contribution < 1.29 is 10.0 Å². The molecule has 94 valence electrons. The number of hydrogen-bond acceptors (Lipinski definition) is 5. The van der Waals surface area contributed by atoms with Gasteiger partial charge in [0.1, 0.15) is 6.07 Å². The molecule has 18 heavy (non-hydrogen) atoms. The lowest BCUT2D eigenvalue weighted by molar-refractivity contribution is -0.384. The average Bonchev–Trinajstić information content (AvgIpc) is 3.16. The number of benzene rings is 1. The van der Waals surface area contributed by atoms with E-state index in [9.17, 15) is 15.2 Å². The second-order valence-electron chi connectivity index (χ2n) is 4.61. The van der Waals surface area contributed by atoms with E-state index in [0.717, 1.165) is 12.8 Å². The Balaban J connectivity index is 2.13. The van der Waals surface area contributed by atoms with Gasteiger partial charge in [0.25, 0.3) is 5.69 Å². The quantitative estimate of drug-likeness (QED) is 0.608. The van der Waals surface area contributed by atoms with Gasteiger partial charge in [-0.15, -0.1) is 0 Å². The summed E-state index contributed by atoms with van der Waals surface area (Å²) in [4.78, 5) is 10.1. The molecule has 1 saturated carbocycles. The first-order chi connectivity index (χ1) is 8.60. The Kier molecular flexibility index (Phi) is 3.17. The van der Waals surface area contributed by atoms with E-state index in [-0.39, 0.29) is 23.3 Å². The number of anilines is 1. The van der Waals surface area contributed by atoms with Crippen molar-refractivity contribution >= 4 is 11.4 Å². The van der Waals surface area contributed by atoms with Crippen LogP contribution in [0.2, 0.25) is 0 Å². The molecule has 0 unspecified atom stereocenters. The predicted octanol–water partition coefficient (Wildman–Crippen LogP) is 1.65. The van der Waals surface area contributed by atoms with Gasteiger partial charge in [-0.25, -0.2) is 0 Å². The van der Waals surface area contributed by atoms with Crippen LogP contribution < -0.4 is 5.32 Å². The molecule has 0 spiro atoms. The van der Waals surface area contributed by atoms with Crippen molar-refractivity contribution in [1.29, 1.82) is 5.26 Å². The van der Waals surface area contributed by atoms with E-state index in [1.165, 1.54) is 18.2 Å². The monoisotopic (exact) mass is 247 g/mol. The van der Waals surface area contributed by atoms with E-state index < -0.39 is 4.92 Å². The average molecular weight is 247 g/mol. The summed E-state index contributed by atoms with van der Waals surface area (Å²) >= 11 is 0. The molecule has 1 fully saturated rings. The van der Waals surface area contributed by atoms with Crippen molar-refractivity contribution in [1.82, 2.24) is 0 Å². The third kappa shape index (κ3) is 2.41. The fraction of sp³-hybridized carbons (Fsp3) is 0.417. The minimum absolute atomic E-state index is 0.0749. The summed E-state index contributed by atoms with van der Waals surface area (Å²) in [5.41, 5.74) is 0.648. The Morgan fingerprint density at radius 1 is 1.56 bits per heavy atom. The normalized spacial score (nSPS) is 15.8. The molecule has 1 aliphatic rings. The predicted molar refractivity (Wildman–Crippen MR) is 65.1 cm³/mol. The Hall–Kier alpha value is -2.13. The van der Waals surface area contributed by atoms with E-state index >= 15 is 0 Å². The molecule has 2 N–H and O–H groups in total. The number of aliphatic hydroxyl groups excluding tert-OH is 1. The molecular formula is C12H13N3O3. The second-order valence-corrected chi connectivity index (χ2v) is 4.61. The zero-order chi connectivity index (χ0) is 13.2. The number of nitrogens with one attached hydrogen (secondary N) is 1. The number of nitro groups is 1. The first-order valence-corrected chi connectivity index (χ1v) is 5.63. The number of nitrogens with zero attached hydrogens (tertiary/aromatic N) is 2. The lowest BCUT2D eigenvalue weighted by Gasteiger charge is -2.14. The van der Waals surface area contributed by atoms with E-state index in [0.29, 0.717) is 12.2 Å². The Morgan fingerprint density at radius 2 is 2.28 bits per heavy atom. The van der Waals surface area contributed by atoms with Crippen molar-refractivity contribution in [2.45, 2.75) is 12.8 Å². The molecule has 0 saturated heterocycles. The molecule has 6 heteroatoms. The highest BCUT2D eigenvalue weighted by Gasteiger charge is 2.41. The van der Waals surface area contributed by atoms with Gasteiger partial charge in [-0.2, -0.15) is 5.26 Å². The van der Waals surface area contributed by atoms with E-state index in [1.807, 2.05) is 6.07 Å². The zero-order valence-electron chi connectivity index (χ0n) is 9.72. The molecular weight excluding hydrogens is 234 g/mol. The molecule has 0 aromatic heterocycles. The second kappa shape index (κ2) is 4.63. The maximum Gasteiger partial charge on any atom is 0.270 e. The molecule has 1 aromatic carbocycles. The number of nitro benzene ring substituents is 1. The van der Waals surface area contributed by atoms with Crippen molar-refractivity contribution in [3.05, 3.63) is 33.9 Å². The van der Waals surface area contributed by atoms with Crippen molar-refractivity contribution in [2.24, 2.45) is 5.41 Å². The Bertz CT molecular complexity index is 518. The number of rotatable bonds is 5. The minimum atomic E-state index is -0.527.